The van der Waals surface area contributed by atoms with Crippen molar-refractivity contribution in [2.45, 2.75) is 39.2 Å². The first-order valence-electron chi connectivity index (χ1n) is 7.06. The van der Waals surface area contributed by atoms with Crippen LogP contribution in [0.3, 0.4) is 0 Å². The molecule has 1 unspecified atom stereocenters. The Hall–Kier alpha value is -1.06. The Bertz CT molecular complexity index is 423. The number of hydrogen-bond acceptors (Lipinski definition) is 2. The molecule has 0 bridgehead atoms. The summed E-state index contributed by atoms with van der Waals surface area (Å²) in [5, 5.41) is 0. The average Bonchev–Trinajstić information content (AvgIpc) is 2.39. The van der Waals surface area contributed by atoms with Crippen LogP contribution in [-0.2, 0) is 11.2 Å². The minimum absolute atomic E-state index is 0. The van der Waals surface area contributed by atoms with Gasteiger partial charge in [0, 0.05) is 13.1 Å². The summed E-state index contributed by atoms with van der Waals surface area (Å²) in [5.74, 6) is 0.0966. The highest BCUT2D eigenvalue weighted by Crippen LogP contribution is 2.29. The second kappa shape index (κ2) is 7.09. The van der Waals surface area contributed by atoms with Gasteiger partial charge in [0.2, 0.25) is 5.91 Å². The van der Waals surface area contributed by atoms with E-state index in [1.807, 2.05) is 35.2 Å². The van der Waals surface area contributed by atoms with Crippen molar-refractivity contribution in [2.24, 2.45) is 11.1 Å². The summed E-state index contributed by atoms with van der Waals surface area (Å²) < 4.78 is 0. The lowest BCUT2D eigenvalue weighted by Gasteiger charge is -2.37. The van der Waals surface area contributed by atoms with E-state index in [0.29, 0.717) is 11.8 Å². The predicted octanol–water partition coefficient (Wildman–Crippen LogP) is 2.63. The Balaban J connectivity index is 0.00000200. The van der Waals surface area contributed by atoms with E-state index >= 15 is 0 Å². The number of rotatable bonds is 3. The predicted molar refractivity (Wildman–Crippen MR) is 85.0 cm³/mol. The lowest BCUT2D eigenvalue weighted by Crippen LogP contribution is -2.49. The van der Waals surface area contributed by atoms with Crippen LogP contribution in [0, 0.1) is 5.41 Å². The van der Waals surface area contributed by atoms with Gasteiger partial charge in [0.25, 0.3) is 0 Å². The van der Waals surface area contributed by atoms with Crippen LogP contribution in [-0.4, -0.2) is 29.9 Å². The quantitative estimate of drug-likeness (QED) is 0.932. The monoisotopic (exact) mass is 296 g/mol. The van der Waals surface area contributed by atoms with Crippen LogP contribution in [0.5, 0.6) is 0 Å². The lowest BCUT2D eigenvalue weighted by atomic mass is 9.82. The van der Waals surface area contributed by atoms with Gasteiger partial charge in [0.05, 0.1) is 6.04 Å². The SMILES string of the molecule is CC1(C)CCN(C(=O)C(N)Cc2ccccc2)CC1.Cl. The van der Waals surface area contributed by atoms with E-state index in [2.05, 4.69) is 13.8 Å². The molecule has 1 heterocycles. The van der Waals surface area contributed by atoms with Crippen LogP contribution in [0.2, 0.25) is 0 Å². The second-order valence-corrected chi connectivity index (χ2v) is 6.29. The summed E-state index contributed by atoms with van der Waals surface area (Å²) in [6, 6.07) is 9.57. The summed E-state index contributed by atoms with van der Waals surface area (Å²) in [7, 11) is 0. The normalized spacial score (nSPS) is 19.1. The summed E-state index contributed by atoms with van der Waals surface area (Å²) >= 11 is 0. The van der Waals surface area contributed by atoms with Crippen LogP contribution in [0.1, 0.15) is 32.3 Å². The van der Waals surface area contributed by atoms with Crippen LogP contribution in [0.15, 0.2) is 30.3 Å². The fourth-order valence-electron chi connectivity index (χ4n) is 2.52. The Morgan fingerprint density at radius 1 is 1.25 bits per heavy atom. The summed E-state index contributed by atoms with van der Waals surface area (Å²) in [5.41, 5.74) is 7.54. The molecular formula is C16H25ClN2O. The average molecular weight is 297 g/mol. The van der Waals surface area contributed by atoms with Crippen LogP contribution >= 0.6 is 12.4 Å². The number of carbonyl (C=O) groups excluding carboxylic acids is 1. The number of nitrogens with two attached hydrogens (primary N) is 1. The highest BCUT2D eigenvalue weighted by molar-refractivity contribution is 5.85. The Labute approximate surface area is 127 Å². The molecular weight excluding hydrogens is 272 g/mol. The number of piperidine rings is 1. The first-order valence-corrected chi connectivity index (χ1v) is 7.06. The molecule has 1 saturated heterocycles. The smallest absolute Gasteiger partial charge is 0.239 e. The highest BCUT2D eigenvalue weighted by atomic mass is 35.5. The van der Waals surface area contributed by atoms with Crippen molar-refractivity contribution in [2.75, 3.05) is 13.1 Å². The van der Waals surface area contributed by atoms with Crippen molar-refractivity contribution < 1.29 is 4.79 Å². The number of likely N-dealkylation sites (tertiary alicyclic amines) is 1. The largest absolute Gasteiger partial charge is 0.341 e. The molecule has 3 nitrogen and oxygen atoms in total. The van der Waals surface area contributed by atoms with Gasteiger partial charge in [-0.3, -0.25) is 4.79 Å². The third-order valence-corrected chi connectivity index (χ3v) is 4.04. The first-order chi connectivity index (χ1) is 8.98. The molecule has 1 aromatic rings. The summed E-state index contributed by atoms with van der Waals surface area (Å²) in [6.45, 7) is 6.21. The minimum Gasteiger partial charge on any atom is -0.341 e. The molecule has 1 aliphatic rings. The number of benzene rings is 1. The molecule has 112 valence electrons. The molecule has 1 aromatic carbocycles. The van der Waals surface area contributed by atoms with Crippen LogP contribution < -0.4 is 5.73 Å². The standard InChI is InChI=1S/C16H24N2O.ClH/c1-16(2)8-10-18(11-9-16)15(19)14(17)12-13-6-4-3-5-7-13;/h3-7,14H,8-12,17H2,1-2H3;1H. The number of amides is 1. The van der Waals surface area contributed by atoms with E-state index in [1.54, 1.807) is 0 Å². The van der Waals surface area contributed by atoms with Gasteiger partial charge in [-0.25, -0.2) is 0 Å². The maximum atomic E-state index is 12.3. The molecule has 0 aromatic heterocycles. The van der Waals surface area contributed by atoms with E-state index in [0.717, 1.165) is 31.5 Å². The zero-order valence-electron chi connectivity index (χ0n) is 12.3. The third-order valence-electron chi connectivity index (χ3n) is 4.04. The molecule has 0 spiro atoms. The molecule has 1 aliphatic heterocycles. The van der Waals surface area contributed by atoms with Gasteiger partial charge in [-0.2, -0.15) is 0 Å². The second-order valence-electron chi connectivity index (χ2n) is 6.29. The Morgan fingerprint density at radius 3 is 2.35 bits per heavy atom. The van der Waals surface area contributed by atoms with E-state index in [1.165, 1.54) is 0 Å². The van der Waals surface area contributed by atoms with Gasteiger partial charge < -0.3 is 10.6 Å². The lowest BCUT2D eigenvalue weighted by molar-refractivity contribution is -0.134. The Kier molecular flexibility index (Phi) is 6.03. The number of hydrogen-bond donors (Lipinski definition) is 1. The van der Waals surface area contributed by atoms with E-state index in [4.69, 9.17) is 5.73 Å². The molecule has 0 aliphatic carbocycles. The molecule has 4 heteroatoms. The first kappa shape index (κ1) is 17.0. The zero-order valence-corrected chi connectivity index (χ0v) is 13.2. The van der Waals surface area contributed by atoms with Crippen molar-refractivity contribution in [1.29, 1.82) is 0 Å². The molecule has 2 N–H and O–H groups in total. The van der Waals surface area contributed by atoms with Crippen molar-refractivity contribution in [1.82, 2.24) is 4.90 Å². The van der Waals surface area contributed by atoms with E-state index in [-0.39, 0.29) is 18.3 Å². The maximum Gasteiger partial charge on any atom is 0.239 e. The van der Waals surface area contributed by atoms with Gasteiger partial charge >= 0.3 is 0 Å². The highest BCUT2D eigenvalue weighted by Gasteiger charge is 2.29. The number of nitrogens with zero attached hydrogens (tertiary/aromatic N) is 1. The van der Waals surface area contributed by atoms with Crippen LogP contribution in [0.25, 0.3) is 0 Å². The minimum atomic E-state index is -0.413. The molecule has 1 atom stereocenters. The maximum absolute atomic E-state index is 12.3. The molecule has 0 saturated carbocycles. The third kappa shape index (κ3) is 4.50. The van der Waals surface area contributed by atoms with Crippen LogP contribution in [0.4, 0.5) is 0 Å². The topological polar surface area (TPSA) is 46.3 Å². The zero-order chi connectivity index (χ0) is 13.9. The fourth-order valence-corrected chi connectivity index (χ4v) is 2.52. The van der Waals surface area contributed by atoms with E-state index < -0.39 is 6.04 Å². The number of carbonyl (C=O) groups is 1. The van der Waals surface area contributed by atoms with Gasteiger partial charge in [-0.05, 0) is 30.2 Å². The molecule has 20 heavy (non-hydrogen) atoms. The van der Waals surface area contributed by atoms with Gasteiger partial charge in [-0.1, -0.05) is 44.2 Å². The Morgan fingerprint density at radius 2 is 1.80 bits per heavy atom. The summed E-state index contributed by atoms with van der Waals surface area (Å²) in [4.78, 5) is 14.2. The molecule has 0 radical (unpaired) electrons. The van der Waals surface area contributed by atoms with Crippen molar-refractivity contribution in [3.05, 3.63) is 35.9 Å². The summed E-state index contributed by atoms with van der Waals surface area (Å²) in [6.07, 6.45) is 2.76. The van der Waals surface area contributed by atoms with Crippen molar-refractivity contribution in [3.8, 4) is 0 Å². The van der Waals surface area contributed by atoms with E-state index in [9.17, 15) is 4.79 Å². The van der Waals surface area contributed by atoms with Crippen molar-refractivity contribution in [3.63, 3.8) is 0 Å². The van der Waals surface area contributed by atoms with Gasteiger partial charge in [-0.15, -0.1) is 12.4 Å². The molecule has 1 amide bonds. The molecule has 1 fully saturated rings. The van der Waals surface area contributed by atoms with Crippen molar-refractivity contribution >= 4 is 18.3 Å². The van der Waals surface area contributed by atoms with Gasteiger partial charge in [0.15, 0.2) is 0 Å². The fraction of sp³-hybridized carbons (Fsp3) is 0.562. The number of halogens is 1. The molecule has 2 rings (SSSR count). The van der Waals surface area contributed by atoms with Gasteiger partial charge in [0.1, 0.15) is 0 Å².